The minimum absolute atomic E-state index is 0.453. The molecule has 0 spiro atoms. The second-order valence-corrected chi connectivity index (χ2v) is 17.2. The first-order valence-corrected chi connectivity index (χ1v) is 22.8. The van der Waals surface area contributed by atoms with Gasteiger partial charge >= 0.3 is 0 Å². The van der Waals surface area contributed by atoms with E-state index in [9.17, 15) is 0 Å². The summed E-state index contributed by atoms with van der Waals surface area (Å²) in [5.41, 5.74) is 20.1. The molecule has 0 aliphatic heterocycles. The van der Waals surface area contributed by atoms with Crippen LogP contribution < -0.4 is 4.90 Å². The van der Waals surface area contributed by atoms with E-state index in [1.165, 1.54) is 88.7 Å². The summed E-state index contributed by atoms with van der Waals surface area (Å²) in [4.78, 5) is 2.40. The number of benzene rings is 11. The first kappa shape index (κ1) is 39.1. The van der Waals surface area contributed by atoms with Gasteiger partial charge in [0.05, 0.1) is 11.1 Å². The van der Waals surface area contributed by atoms with E-state index in [0.29, 0.717) is 0 Å². The van der Waals surface area contributed by atoms with Crippen LogP contribution in [0.2, 0.25) is 0 Å². The first-order chi connectivity index (χ1) is 32.7. The largest absolute Gasteiger partial charge is 0.310 e. The quantitative estimate of drug-likeness (QED) is 0.140. The predicted molar refractivity (Wildman–Crippen MR) is 278 cm³/mol. The summed E-state index contributed by atoms with van der Waals surface area (Å²) in [6.45, 7) is 0. The fraction of sp³-hybridized carbons (Fsp3) is 0.0154. The molecular weight excluding hydrogens is 795 g/mol. The van der Waals surface area contributed by atoms with Crippen LogP contribution >= 0.6 is 0 Å². The molecule has 0 heterocycles. The number of rotatable bonds is 9. The first-order valence-electron chi connectivity index (χ1n) is 22.8. The molecule has 310 valence electrons. The van der Waals surface area contributed by atoms with E-state index in [1.54, 1.807) is 0 Å². The molecule has 0 bridgehead atoms. The summed E-state index contributed by atoms with van der Waals surface area (Å²) in [5, 5.41) is 2.51. The lowest BCUT2D eigenvalue weighted by Gasteiger charge is -2.34. The molecule has 66 heavy (non-hydrogen) atoms. The molecule has 0 atom stereocenters. The highest BCUT2D eigenvalue weighted by Gasteiger charge is 2.46. The highest BCUT2D eigenvalue weighted by Crippen LogP contribution is 2.57. The summed E-state index contributed by atoms with van der Waals surface area (Å²) < 4.78 is 0. The van der Waals surface area contributed by atoms with E-state index in [2.05, 4.69) is 278 Å². The summed E-state index contributed by atoms with van der Waals surface area (Å²) in [5.74, 6) is 0. The molecule has 1 aliphatic carbocycles. The van der Waals surface area contributed by atoms with E-state index in [1.807, 2.05) is 0 Å². The zero-order chi connectivity index (χ0) is 43.9. The van der Waals surface area contributed by atoms with Crippen molar-refractivity contribution in [2.24, 2.45) is 0 Å². The molecule has 0 saturated carbocycles. The Bertz CT molecular complexity index is 3460. The van der Waals surface area contributed by atoms with Gasteiger partial charge in [-0.1, -0.05) is 231 Å². The highest BCUT2D eigenvalue weighted by molar-refractivity contribution is 5.97. The SMILES string of the molecule is c1ccc(-c2ccccc2N(c2ccc(-c3cccc(-c4cccc5ccccc45)c3)cc2)c2ccc(-c3ccc4c(c3)C(c3ccccc3)(c3ccccc3)c3ccccc3-4)cc2)cc1. The summed E-state index contributed by atoms with van der Waals surface area (Å²) >= 11 is 0. The Balaban J connectivity index is 0.951. The number of hydrogen-bond donors (Lipinski definition) is 0. The Morgan fingerprint density at radius 1 is 0.258 bits per heavy atom. The van der Waals surface area contributed by atoms with Crippen LogP contribution in [0.3, 0.4) is 0 Å². The van der Waals surface area contributed by atoms with Gasteiger partial charge in [-0.05, 0) is 126 Å². The molecule has 0 N–H and O–H groups in total. The molecule has 1 nitrogen and oxygen atoms in total. The number of hydrogen-bond acceptors (Lipinski definition) is 1. The topological polar surface area (TPSA) is 3.24 Å². The third kappa shape index (κ3) is 6.64. The van der Waals surface area contributed by atoms with Crippen LogP contribution in [-0.4, -0.2) is 0 Å². The van der Waals surface area contributed by atoms with Crippen molar-refractivity contribution in [2.75, 3.05) is 4.90 Å². The lowest BCUT2D eigenvalue weighted by molar-refractivity contribution is 0.769. The molecule has 0 amide bonds. The molecule has 11 aromatic carbocycles. The third-order valence-electron chi connectivity index (χ3n) is 13.6. The minimum atomic E-state index is -0.453. The van der Waals surface area contributed by atoms with Crippen molar-refractivity contribution >= 4 is 27.8 Å². The Kier molecular flexibility index (Phi) is 9.81. The van der Waals surface area contributed by atoms with Crippen LogP contribution in [0.25, 0.3) is 66.4 Å². The maximum atomic E-state index is 2.45. The van der Waals surface area contributed by atoms with Gasteiger partial charge in [-0.15, -0.1) is 0 Å². The molecule has 0 fully saturated rings. The number of fused-ring (bicyclic) bond motifs is 4. The Labute approximate surface area is 387 Å². The van der Waals surface area contributed by atoms with Crippen LogP contribution in [0.4, 0.5) is 17.1 Å². The van der Waals surface area contributed by atoms with Crippen molar-refractivity contribution in [3.8, 4) is 55.6 Å². The highest BCUT2D eigenvalue weighted by atomic mass is 15.1. The zero-order valence-electron chi connectivity index (χ0n) is 36.4. The van der Waals surface area contributed by atoms with Gasteiger partial charge < -0.3 is 4.90 Å². The average molecular weight is 840 g/mol. The standard InChI is InChI=1S/C65H45N/c1-4-18-49(19-5-1)59-29-13-15-33-64(59)66(55-39-34-46(35-40-55)50-22-16-23-52(44-50)58-31-17-21-48-20-10-11-28-57(48)58)56-41-36-47(37-42-56)51-38-43-61-60-30-12-14-32-62(60)65(63(61)45-51,53-24-6-2-7-25-53)54-26-8-3-9-27-54/h1-45H. The van der Waals surface area contributed by atoms with Crippen LogP contribution in [0.5, 0.6) is 0 Å². The molecule has 0 radical (unpaired) electrons. The van der Waals surface area contributed by atoms with Crippen molar-refractivity contribution in [3.63, 3.8) is 0 Å². The molecule has 1 aliphatic rings. The number of nitrogens with zero attached hydrogens (tertiary/aromatic N) is 1. The Morgan fingerprint density at radius 2 is 0.727 bits per heavy atom. The predicted octanol–water partition coefficient (Wildman–Crippen LogP) is 17.3. The van der Waals surface area contributed by atoms with Crippen molar-refractivity contribution in [2.45, 2.75) is 5.41 Å². The van der Waals surface area contributed by atoms with Gasteiger partial charge in [0.25, 0.3) is 0 Å². The summed E-state index contributed by atoms with van der Waals surface area (Å²) in [7, 11) is 0. The second-order valence-electron chi connectivity index (χ2n) is 17.2. The molecular formula is C65H45N. The average Bonchev–Trinajstić information content (AvgIpc) is 3.70. The molecule has 11 aromatic rings. The van der Waals surface area contributed by atoms with Crippen LogP contribution in [0.1, 0.15) is 22.3 Å². The maximum Gasteiger partial charge on any atom is 0.0713 e. The lowest BCUT2D eigenvalue weighted by Crippen LogP contribution is -2.28. The van der Waals surface area contributed by atoms with Crippen LogP contribution in [-0.2, 0) is 5.41 Å². The van der Waals surface area contributed by atoms with Gasteiger partial charge in [0.2, 0.25) is 0 Å². The smallest absolute Gasteiger partial charge is 0.0713 e. The van der Waals surface area contributed by atoms with Gasteiger partial charge in [-0.2, -0.15) is 0 Å². The monoisotopic (exact) mass is 839 g/mol. The lowest BCUT2D eigenvalue weighted by atomic mass is 9.67. The molecule has 0 saturated heterocycles. The summed E-state index contributed by atoms with van der Waals surface area (Å²) in [6, 6.07) is 99.9. The molecule has 12 rings (SSSR count). The van der Waals surface area contributed by atoms with E-state index in [4.69, 9.17) is 0 Å². The number of anilines is 3. The Morgan fingerprint density at radius 3 is 1.42 bits per heavy atom. The fourth-order valence-electron chi connectivity index (χ4n) is 10.5. The van der Waals surface area contributed by atoms with Crippen molar-refractivity contribution < 1.29 is 0 Å². The normalized spacial score (nSPS) is 12.4. The fourth-order valence-corrected chi connectivity index (χ4v) is 10.5. The Hall–Kier alpha value is -8.52. The van der Waals surface area contributed by atoms with Gasteiger partial charge in [0, 0.05) is 16.9 Å². The maximum absolute atomic E-state index is 2.45. The molecule has 0 aromatic heterocycles. The third-order valence-corrected chi connectivity index (χ3v) is 13.6. The van der Waals surface area contributed by atoms with Crippen LogP contribution in [0, 0.1) is 0 Å². The van der Waals surface area contributed by atoms with Crippen molar-refractivity contribution in [3.05, 3.63) is 295 Å². The second kappa shape index (κ2) is 16.6. The van der Waals surface area contributed by atoms with E-state index >= 15 is 0 Å². The van der Waals surface area contributed by atoms with E-state index in [-0.39, 0.29) is 0 Å². The van der Waals surface area contributed by atoms with E-state index in [0.717, 1.165) is 17.1 Å². The molecule has 0 unspecified atom stereocenters. The van der Waals surface area contributed by atoms with Crippen molar-refractivity contribution in [1.82, 2.24) is 0 Å². The summed E-state index contributed by atoms with van der Waals surface area (Å²) in [6.07, 6.45) is 0. The van der Waals surface area contributed by atoms with Gasteiger partial charge in [0.1, 0.15) is 0 Å². The van der Waals surface area contributed by atoms with Crippen molar-refractivity contribution in [1.29, 1.82) is 0 Å². The van der Waals surface area contributed by atoms with Gasteiger partial charge in [-0.25, -0.2) is 0 Å². The van der Waals surface area contributed by atoms with Gasteiger partial charge in [0.15, 0.2) is 0 Å². The zero-order valence-corrected chi connectivity index (χ0v) is 36.4. The van der Waals surface area contributed by atoms with Gasteiger partial charge in [-0.3, -0.25) is 0 Å². The van der Waals surface area contributed by atoms with E-state index < -0.39 is 5.41 Å². The van der Waals surface area contributed by atoms with Crippen LogP contribution in [0.15, 0.2) is 273 Å². The molecule has 1 heteroatoms. The minimum Gasteiger partial charge on any atom is -0.310 e. The number of para-hydroxylation sites is 1.